The van der Waals surface area contributed by atoms with Crippen LogP contribution in [-0.4, -0.2) is 29.0 Å². The molecular weight excluding hydrogens is 412 g/mol. The number of rotatable bonds is 6. The predicted octanol–water partition coefficient (Wildman–Crippen LogP) is 3.97. The van der Waals surface area contributed by atoms with E-state index in [9.17, 15) is 16.8 Å². The highest BCUT2D eigenvalue weighted by molar-refractivity contribution is 7.87. The molecule has 1 saturated carbocycles. The highest BCUT2D eigenvalue weighted by atomic mass is 32.2. The van der Waals surface area contributed by atoms with Gasteiger partial charge in [-0.05, 0) is 63.3 Å². The van der Waals surface area contributed by atoms with Crippen LogP contribution < -0.4 is 0 Å². The van der Waals surface area contributed by atoms with E-state index in [1.165, 1.54) is 24.3 Å². The first kappa shape index (κ1) is 22.0. The van der Waals surface area contributed by atoms with Gasteiger partial charge in [0, 0.05) is 0 Å². The molecule has 0 spiro atoms. The van der Waals surface area contributed by atoms with Crippen LogP contribution in [0.25, 0.3) is 0 Å². The Morgan fingerprint density at radius 1 is 0.690 bits per heavy atom. The van der Waals surface area contributed by atoms with Gasteiger partial charge in [-0.15, -0.1) is 0 Å². The molecular formula is C21H26O6S2. The van der Waals surface area contributed by atoms with Crippen LogP contribution in [0, 0.1) is 19.8 Å². The van der Waals surface area contributed by atoms with Gasteiger partial charge in [0.15, 0.2) is 0 Å². The summed E-state index contributed by atoms with van der Waals surface area (Å²) in [4.78, 5) is 0.0864. The molecule has 6 nitrogen and oxygen atoms in total. The second kappa shape index (κ2) is 8.55. The van der Waals surface area contributed by atoms with E-state index >= 15 is 0 Å². The summed E-state index contributed by atoms with van der Waals surface area (Å²) in [5, 5.41) is 0. The van der Waals surface area contributed by atoms with Crippen molar-refractivity contribution >= 4 is 20.2 Å². The standard InChI is InChI=1S/C21H26O6S2/c1-15-4-9-18(10-5-15)28(22,23)26-20-13-8-17(3)14-21(20)27-29(24,25)19-11-6-16(2)7-12-19/h4-7,9-12,17,20-21H,8,13-14H2,1-3H3. The lowest BCUT2D eigenvalue weighted by molar-refractivity contribution is 0.0151. The van der Waals surface area contributed by atoms with E-state index in [4.69, 9.17) is 8.37 Å². The van der Waals surface area contributed by atoms with E-state index in [1.54, 1.807) is 24.3 Å². The summed E-state index contributed by atoms with van der Waals surface area (Å²) in [6.45, 7) is 5.71. The lowest BCUT2D eigenvalue weighted by Crippen LogP contribution is -2.40. The van der Waals surface area contributed by atoms with E-state index in [2.05, 4.69) is 0 Å². The van der Waals surface area contributed by atoms with Gasteiger partial charge in [-0.1, -0.05) is 42.3 Å². The van der Waals surface area contributed by atoms with Crippen molar-refractivity contribution in [1.82, 2.24) is 0 Å². The summed E-state index contributed by atoms with van der Waals surface area (Å²) in [5.74, 6) is 0.204. The average Bonchev–Trinajstić information content (AvgIpc) is 2.64. The van der Waals surface area contributed by atoms with E-state index in [1.807, 2.05) is 20.8 Å². The van der Waals surface area contributed by atoms with Gasteiger partial charge in [-0.25, -0.2) is 0 Å². The Kier molecular flexibility index (Phi) is 6.48. The van der Waals surface area contributed by atoms with Crippen molar-refractivity contribution in [2.24, 2.45) is 5.92 Å². The topological polar surface area (TPSA) is 86.7 Å². The van der Waals surface area contributed by atoms with Crippen LogP contribution in [0.5, 0.6) is 0 Å². The first-order chi connectivity index (χ1) is 13.6. The fourth-order valence-electron chi connectivity index (χ4n) is 3.36. The van der Waals surface area contributed by atoms with E-state index in [0.29, 0.717) is 12.8 Å². The summed E-state index contributed by atoms with van der Waals surface area (Å²) in [6.07, 6.45) is -0.194. The molecule has 0 aromatic heterocycles. The molecule has 3 atom stereocenters. The predicted molar refractivity (Wildman–Crippen MR) is 109 cm³/mol. The average molecular weight is 439 g/mol. The molecule has 0 radical (unpaired) electrons. The van der Waals surface area contributed by atoms with Crippen molar-refractivity contribution in [3.05, 3.63) is 59.7 Å². The maximum atomic E-state index is 12.7. The molecule has 3 rings (SSSR count). The van der Waals surface area contributed by atoms with Crippen LogP contribution >= 0.6 is 0 Å². The molecule has 1 aliphatic rings. The second-order valence-corrected chi connectivity index (χ2v) is 10.9. The van der Waals surface area contributed by atoms with Gasteiger partial charge in [0.05, 0.1) is 9.79 Å². The molecule has 2 aromatic rings. The monoisotopic (exact) mass is 438 g/mol. The Morgan fingerprint density at radius 3 is 1.55 bits per heavy atom. The lowest BCUT2D eigenvalue weighted by atomic mass is 9.87. The number of hydrogen-bond acceptors (Lipinski definition) is 6. The van der Waals surface area contributed by atoms with Crippen LogP contribution in [-0.2, 0) is 28.6 Å². The van der Waals surface area contributed by atoms with Gasteiger partial charge < -0.3 is 0 Å². The van der Waals surface area contributed by atoms with Crippen molar-refractivity contribution in [2.45, 2.75) is 62.0 Å². The fourth-order valence-corrected chi connectivity index (χ4v) is 5.59. The minimum atomic E-state index is -4.03. The smallest absolute Gasteiger partial charge is 0.260 e. The van der Waals surface area contributed by atoms with Crippen LogP contribution in [0.2, 0.25) is 0 Å². The minimum absolute atomic E-state index is 0.0430. The normalized spacial score (nSPS) is 23.1. The molecule has 3 unspecified atom stereocenters. The summed E-state index contributed by atoms with van der Waals surface area (Å²) in [6, 6.07) is 12.7. The van der Waals surface area contributed by atoms with Gasteiger partial charge in [0.2, 0.25) is 0 Å². The first-order valence-corrected chi connectivity index (χ1v) is 12.4. The molecule has 0 N–H and O–H groups in total. The molecule has 1 fully saturated rings. The van der Waals surface area contributed by atoms with Crippen molar-refractivity contribution in [3.8, 4) is 0 Å². The summed E-state index contributed by atoms with van der Waals surface area (Å²) < 4.78 is 61.7. The quantitative estimate of drug-likeness (QED) is 0.634. The zero-order valence-corrected chi connectivity index (χ0v) is 18.4. The van der Waals surface area contributed by atoms with Gasteiger partial charge in [-0.2, -0.15) is 16.8 Å². The van der Waals surface area contributed by atoms with Crippen molar-refractivity contribution in [3.63, 3.8) is 0 Å². The zero-order chi connectivity index (χ0) is 21.2. The molecule has 8 heteroatoms. The molecule has 0 amide bonds. The molecule has 0 bridgehead atoms. The molecule has 0 heterocycles. The lowest BCUT2D eigenvalue weighted by Gasteiger charge is -2.33. The maximum Gasteiger partial charge on any atom is 0.297 e. The Balaban J connectivity index is 1.82. The van der Waals surface area contributed by atoms with E-state index in [-0.39, 0.29) is 15.7 Å². The van der Waals surface area contributed by atoms with Crippen LogP contribution in [0.15, 0.2) is 58.3 Å². The Labute approximate surface area is 173 Å². The van der Waals surface area contributed by atoms with E-state index < -0.39 is 32.4 Å². The highest BCUT2D eigenvalue weighted by Gasteiger charge is 2.37. The molecule has 0 aliphatic heterocycles. The summed E-state index contributed by atoms with van der Waals surface area (Å²) in [5.41, 5.74) is 1.86. The van der Waals surface area contributed by atoms with Gasteiger partial charge in [0.1, 0.15) is 12.2 Å². The molecule has 2 aromatic carbocycles. The third kappa shape index (κ3) is 5.45. The zero-order valence-electron chi connectivity index (χ0n) is 16.7. The SMILES string of the molecule is Cc1ccc(S(=O)(=O)OC2CCC(C)CC2OS(=O)(=O)c2ccc(C)cc2)cc1. The van der Waals surface area contributed by atoms with Crippen LogP contribution in [0.1, 0.15) is 37.3 Å². The molecule has 1 aliphatic carbocycles. The van der Waals surface area contributed by atoms with Crippen molar-refractivity contribution in [2.75, 3.05) is 0 Å². The fraction of sp³-hybridized carbons (Fsp3) is 0.429. The molecule has 0 saturated heterocycles. The van der Waals surface area contributed by atoms with Gasteiger partial charge in [0.25, 0.3) is 20.2 Å². The van der Waals surface area contributed by atoms with Crippen LogP contribution in [0.3, 0.4) is 0 Å². The van der Waals surface area contributed by atoms with E-state index in [0.717, 1.165) is 17.5 Å². The number of hydrogen-bond donors (Lipinski definition) is 0. The van der Waals surface area contributed by atoms with Gasteiger partial charge in [-0.3, -0.25) is 8.37 Å². The first-order valence-electron chi connectivity index (χ1n) is 9.57. The second-order valence-electron chi connectivity index (χ2n) is 7.72. The third-order valence-corrected chi connectivity index (χ3v) is 7.81. The number of benzene rings is 2. The minimum Gasteiger partial charge on any atom is -0.260 e. The highest BCUT2D eigenvalue weighted by Crippen LogP contribution is 2.32. The van der Waals surface area contributed by atoms with Crippen LogP contribution in [0.4, 0.5) is 0 Å². The van der Waals surface area contributed by atoms with Crippen molar-refractivity contribution in [1.29, 1.82) is 0 Å². The Bertz CT molecular complexity index is 1040. The molecule has 29 heavy (non-hydrogen) atoms. The number of aryl methyl sites for hydroxylation is 2. The summed E-state index contributed by atoms with van der Waals surface area (Å²) in [7, 11) is -8.06. The Morgan fingerprint density at radius 2 is 1.10 bits per heavy atom. The molecule has 158 valence electrons. The third-order valence-electron chi connectivity index (χ3n) is 5.11. The van der Waals surface area contributed by atoms with Crippen molar-refractivity contribution < 1.29 is 25.2 Å². The maximum absolute atomic E-state index is 12.7. The Hall–Kier alpha value is -1.74. The van der Waals surface area contributed by atoms with Gasteiger partial charge >= 0.3 is 0 Å². The summed E-state index contributed by atoms with van der Waals surface area (Å²) >= 11 is 0. The largest absolute Gasteiger partial charge is 0.297 e.